The molecule has 0 spiro atoms. The second-order valence-corrected chi connectivity index (χ2v) is 20.1. The molecule has 0 bridgehead atoms. The normalized spacial score (nSPS) is 17.5. The fourth-order valence-electron chi connectivity index (χ4n) is 8.16. The van der Waals surface area contributed by atoms with E-state index >= 15 is 0 Å². The van der Waals surface area contributed by atoms with E-state index in [4.69, 9.17) is 33.3 Å². The number of likely N-dealkylation sites (tertiary alicyclic amines) is 1. The summed E-state index contributed by atoms with van der Waals surface area (Å²) in [5.41, 5.74) is 6.47. The third kappa shape index (κ3) is 11.5. The summed E-state index contributed by atoms with van der Waals surface area (Å²) in [4.78, 5) is 64.0. The van der Waals surface area contributed by atoms with Gasteiger partial charge in [0.25, 0.3) is 5.91 Å². The Hall–Kier alpha value is -5.71. The predicted molar refractivity (Wildman–Crippen MR) is 267 cm³/mol. The summed E-state index contributed by atoms with van der Waals surface area (Å²) in [6.07, 6.45) is 2.38. The summed E-state index contributed by atoms with van der Waals surface area (Å²) in [5.74, 6) is -0.655. The van der Waals surface area contributed by atoms with Gasteiger partial charge in [-0.15, -0.1) is 11.3 Å². The average molecular weight is 966 g/mol. The zero-order chi connectivity index (χ0) is 48.0. The van der Waals surface area contributed by atoms with Crippen molar-refractivity contribution in [2.45, 2.75) is 91.1 Å². The second kappa shape index (κ2) is 21.1. The van der Waals surface area contributed by atoms with Crippen LogP contribution in [-0.2, 0) is 30.5 Å². The maximum Gasteiger partial charge on any atom is 0.259 e. The summed E-state index contributed by atoms with van der Waals surface area (Å²) < 4.78 is 11.7. The molecule has 2 aliphatic heterocycles. The summed E-state index contributed by atoms with van der Waals surface area (Å²) in [7, 11) is 0. The van der Waals surface area contributed by atoms with Crippen molar-refractivity contribution < 1.29 is 33.8 Å². The topological polar surface area (TPSA) is 154 Å². The molecule has 2 aliphatic rings. The molecule has 4 amide bonds. The van der Waals surface area contributed by atoms with Gasteiger partial charge in [0.2, 0.25) is 17.7 Å². The van der Waals surface area contributed by atoms with Crippen LogP contribution in [0.2, 0.25) is 5.02 Å². The third-order valence-electron chi connectivity index (χ3n) is 12.0. The number of aryl methyl sites for hydroxylation is 1. The number of halogens is 1. The Morgan fingerprint density at radius 2 is 1.58 bits per heavy atom. The number of nitrogens with zero attached hydrogens (tertiary/aromatic N) is 4. The number of amides is 4. The molecule has 2 fully saturated rings. The van der Waals surface area contributed by atoms with Crippen LogP contribution < -0.4 is 25.2 Å². The van der Waals surface area contributed by atoms with Crippen LogP contribution in [0.25, 0.3) is 21.6 Å². The summed E-state index contributed by atoms with van der Waals surface area (Å²) in [5, 5.41) is 17.3. The Balaban J connectivity index is 0.828. The number of aliphatic hydroxyl groups is 1. The van der Waals surface area contributed by atoms with Gasteiger partial charge < -0.3 is 35.0 Å². The van der Waals surface area contributed by atoms with E-state index in [1.807, 2.05) is 131 Å². The zero-order valence-corrected chi connectivity index (χ0v) is 41.0. The van der Waals surface area contributed by atoms with E-state index in [2.05, 4.69) is 15.6 Å². The second-order valence-electron chi connectivity index (χ2n) is 18.5. The minimum atomic E-state index is -0.951. The fraction of sp³-hybridized carbons (Fsp3) is 0.373. The Morgan fingerprint density at radius 3 is 2.22 bits per heavy atom. The van der Waals surface area contributed by atoms with Crippen molar-refractivity contribution in [3.63, 3.8) is 0 Å². The Kier molecular flexibility index (Phi) is 15.5. The largest absolute Gasteiger partial charge is 0.494 e. The molecular weight excluding hydrogens is 908 g/mol. The van der Waals surface area contributed by atoms with Gasteiger partial charge in [-0.3, -0.25) is 29.1 Å². The molecule has 0 saturated carbocycles. The highest BCUT2D eigenvalue weighted by atomic mass is 35.5. The number of aliphatic hydroxyl groups excluding tert-OH is 1. The maximum absolute atomic E-state index is 14.0. The van der Waals surface area contributed by atoms with Gasteiger partial charge >= 0.3 is 0 Å². The molecule has 1 unspecified atom stereocenters. The molecule has 16 heteroatoms. The molecule has 0 radical (unpaired) electrons. The smallest absolute Gasteiger partial charge is 0.259 e. The average Bonchev–Trinajstić information content (AvgIpc) is 4.02. The van der Waals surface area contributed by atoms with E-state index < -0.39 is 41.0 Å². The van der Waals surface area contributed by atoms with Crippen molar-refractivity contribution in [2.24, 2.45) is 5.41 Å². The number of unbranched alkanes of at least 4 members (excludes halogenated alkanes) is 1. The first-order valence-corrected chi connectivity index (χ1v) is 24.0. The molecule has 3 heterocycles. The number of nitrogens with one attached hydrogen (secondary N) is 2. The monoisotopic (exact) mass is 964 g/mol. The molecule has 3 N–H and O–H groups in total. The van der Waals surface area contributed by atoms with Crippen LogP contribution in [0.5, 0.6) is 5.75 Å². The highest BCUT2D eigenvalue weighted by Crippen LogP contribution is 2.38. The number of β-amino-alcohol motifs (C(OH)–C–C–N with tert-alkyl or cyclic N) is 1. The first kappa shape index (κ1) is 49.2. The highest BCUT2D eigenvalue weighted by Gasteiger charge is 2.50. The molecule has 13 nitrogen and oxygen atoms in total. The molecule has 0 aliphatic carbocycles. The van der Waals surface area contributed by atoms with Crippen LogP contribution in [0.15, 0.2) is 103 Å². The van der Waals surface area contributed by atoms with Crippen molar-refractivity contribution in [2.75, 3.05) is 36.2 Å². The molecule has 4 aromatic carbocycles. The van der Waals surface area contributed by atoms with Crippen molar-refractivity contribution in [1.29, 1.82) is 0 Å². The van der Waals surface area contributed by atoms with E-state index in [0.29, 0.717) is 41.9 Å². The van der Waals surface area contributed by atoms with Gasteiger partial charge in [0.1, 0.15) is 30.0 Å². The van der Waals surface area contributed by atoms with E-state index in [-0.39, 0.29) is 37.9 Å². The van der Waals surface area contributed by atoms with Crippen LogP contribution in [0.1, 0.15) is 65.0 Å². The summed E-state index contributed by atoms with van der Waals surface area (Å²) in [6, 6.07) is 27.2. The minimum Gasteiger partial charge on any atom is -0.494 e. The van der Waals surface area contributed by atoms with E-state index in [1.165, 1.54) is 4.90 Å². The summed E-state index contributed by atoms with van der Waals surface area (Å²) in [6.45, 7) is 11.9. The van der Waals surface area contributed by atoms with Crippen molar-refractivity contribution in [3.05, 3.63) is 119 Å². The van der Waals surface area contributed by atoms with Gasteiger partial charge in [0.05, 0.1) is 28.8 Å². The fourth-order valence-corrected chi connectivity index (χ4v) is 9.49. The first-order chi connectivity index (χ1) is 31.9. The Morgan fingerprint density at radius 1 is 0.940 bits per heavy atom. The van der Waals surface area contributed by atoms with Gasteiger partial charge in [0.15, 0.2) is 5.11 Å². The zero-order valence-electron chi connectivity index (χ0n) is 38.6. The van der Waals surface area contributed by atoms with Crippen LogP contribution in [0.4, 0.5) is 11.4 Å². The number of anilines is 2. The molecule has 3 atom stereocenters. The molecule has 67 heavy (non-hydrogen) atoms. The van der Waals surface area contributed by atoms with Crippen molar-refractivity contribution in [3.8, 4) is 27.3 Å². The molecule has 352 valence electrons. The number of hydrogen-bond donors (Lipinski definition) is 3. The maximum atomic E-state index is 14.0. The number of carbonyl (C=O) groups is 4. The van der Waals surface area contributed by atoms with Gasteiger partial charge in [0, 0.05) is 43.0 Å². The Labute approximate surface area is 406 Å². The molecule has 5 aromatic rings. The number of thiazole rings is 1. The molecule has 2 saturated heterocycles. The third-order valence-corrected chi connectivity index (χ3v) is 13.6. The van der Waals surface area contributed by atoms with Gasteiger partial charge in [-0.25, -0.2) is 0 Å². The minimum absolute atomic E-state index is 0.00982. The van der Waals surface area contributed by atoms with Gasteiger partial charge in [-0.05, 0) is 115 Å². The SMILES string of the molecule is Cc1ccc(N2C(=O)C(C)(C)N(c3ccc(-c4ccc(OCCCCOCC(=O)N[C@H](C(=O)N5CC(O)C[C@H]5C(=O)NCc5ccc(-c6cncs6)cc5)C(C)(C)C)cc4)cc3)C2=S)cc1Cl. The van der Waals surface area contributed by atoms with Gasteiger partial charge in [-0.1, -0.05) is 87.0 Å². The van der Waals surface area contributed by atoms with E-state index in [9.17, 15) is 24.3 Å². The number of hydrogen-bond acceptors (Lipinski definition) is 10. The van der Waals surface area contributed by atoms with Crippen LogP contribution in [0, 0.1) is 12.3 Å². The summed E-state index contributed by atoms with van der Waals surface area (Å²) >= 11 is 13.8. The van der Waals surface area contributed by atoms with Crippen LogP contribution >= 0.6 is 35.2 Å². The molecular formula is C51H57ClN6O7S2. The lowest BCUT2D eigenvalue weighted by atomic mass is 9.85. The molecule has 7 rings (SSSR count). The number of rotatable bonds is 17. The van der Waals surface area contributed by atoms with Crippen molar-refractivity contribution in [1.82, 2.24) is 20.5 Å². The lowest BCUT2D eigenvalue weighted by molar-refractivity contribution is -0.144. The number of carbonyl (C=O) groups excluding carboxylic acids is 4. The quantitative estimate of drug-likeness (QED) is 0.0613. The lowest BCUT2D eigenvalue weighted by Gasteiger charge is -2.35. The number of thiocarbonyl (C=S) groups is 1. The predicted octanol–water partition coefficient (Wildman–Crippen LogP) is 8.34. The number of aromatic nitrogens is 1. The van der Waals surface area contributed by atoms with Crippen LogP contribution in [-0.4, -0.2) is 93.8 Å². The molecule has 1 aromatic heterocycles. The number of benzene rings is 4. The first-order valence-electron chi connectivity index (χ1n) is 22.3. The van der Waals surface area contributed by atoms with E-state index in [0.717, 1.165) is 44.1 Å². The van der Waals surface area contributed by atoms with E-state index in [1.54, 1.807) is 34.0 Å². The lowest BCUT2D eigenvalue weighted by Crippen LogP contribution is -2.58. The Bertz CT molecular complexity index is 2570. The highest BCUT2D eigenvalue weighted by molar-refractivity contribution is 7.81. The standard InChI is InChI=1S/C51H57ClN6O7S2/c1-32-9-18-38(25-41(32)52)57-48(63)51(5,6)58(49(57)66)37-19-14-34(15-20-37)35-16-21-40(22-17-35)65-24-8-7-23-64-30-44(60)55-45(50(2,3)4)47(62)56-29-39(59)26-42(56)46(61)54-27-33-10-12-36(13-11-33)43-28-53-31-67-43/h9-22,25,28,31,39,42,45,59H,7-8,23-24,26-27,29-30H2,1-6H3,(H,54,61)(H,55,60)/t39?,42-,45+/m0/s1. The van der Waals surface area contributed by atoms with Crippen LogP contribution in [0.3, 0.4) is 0 Å². The van der Waals surface area contributed by atoms with Crippen molar-refractivity contribution >= 4 is 75.3 Å². The number of ether oxygens (including phenoxy) is 2. The van der Waals surface area contributed by atoms with Gasteiger partial charge in [-0.2, -0.15) is 0 Å².